The highest BCUT2D eigenvalue weighted by Gasteiger charge is 2.29. The van der Waals surface area contributed by atoms with E-state index in [1.807, 2.05) is 59.0 Å². The number of carbonyl (C=O) groups excluding carboxylic acids is 1. The van der Waals surface area contributed by atoms with Crippen LogP contribution in [0.3, 0.4) is 0 Å². The van der Waals surface area contributed by atoms with Gasteiger partial charge < -0.3 is 19.5 Å². The van der Waals surface area contributed by atoms with Crippen LogP contribution in [-0.4, -0.2) is 33.6 Å². The van der Waals surface area contributed by atoms with Gasteiger partial charge in [0.25, 0.3) is 0 Å². The molecule has 2 aromatic carbocycles. The first-order chi connectivity index (χ1) is 14.2. The number of nitrogens with one attached hydrogen (secondary N) is 1. The quantitative estimate of drug-likeness (QED) is 0.682. The normalized spacial score (nSPS) is 16.0. The van der Waals surface area contributed by atoms with Crippen LogP contribution in [0.15, 0.2) is 67.3 Å². The first kappa shape index (κ1) is 19.1. The van der Waals surface area contributed by atoms with Crippen LogP contribution >= 0.6 is 0 Å². The van der Waals surface area contributed by atoms with Crippen molar-refractivity contribution in [1.29, 1.82) is 0 Å². The van der Waals surface area contributed by atoms with E-state index in [0.29, 0.717) is 13.2 Å². The van der Waals surface area contributed by atoms with Crippen LogP contribution in [0, 0.1) is 0 Å². The maximum absolute atomic E-state index is 12.8. The van der Waals surface area contributed by atoms with E-state index in [-0.39, 0.29) is 12.1 Å². The van der Waals surface area contributed by atoms with Crippen LogP contribution in [0.4, 0.5) is 4.79 Å². The van der Waals surface area contributed by atoms with Crippen LogP contribution in [0.1, 0.15) is 36.9 Å². The Morgan fingerprint density at radius 3 is 2.66 bits per heavy atom. The summed E-state index contributed by atoms with van der Waals surface area (Å²) in [4.78, 5) is 18.8. The molecule has 1 saturated heterocycles. The van der Waals surface area contributed by atoms with Gasteiger partial charge in [-0.25, -0.2) is 9.78 Å². The third kappa shape index (κ3) is 4.42. The second kappa shape index (κ2) is 8.82. The van der Waals surface area contributed by atoms with Gasteiger partial charge in [-0.15, -0.1) is 0 Å². The molecule has 2 heterocycles. The van der Waals surface area contributed by atoms with Gasteiger partial charge in [-0.3, -0.25) is 0 Å². The second-order valence-electron chi connectivity index (χ2n) is 7.15. The van der Waals surface area contributed by atoms with Gasteiger partial charge in [0.15, 0.2) is 0 Å². The predicted octanol–water partition coefficient (Wildman–Crippen LogP) is 4.32. The van der Waals surface area contributed by atoms with Gasteiger partial charge in [0.2, 0.25) is 0 Å². The van der Waals surface area contributed by atoms with Crippen molar-refractivity contribution in [3.8, 4) is 11.4 Å². The Labute approximate surface area is 171 Å². The van der Waals surface area contributed by atoms with Crippen LogP contribution in [0.25, 0.3) is 5.69 Å². The molecule has 1 aromatic heterocycles. The Hall–Kier alpha value is -3.28. The van der Waals surface area contributed by atoms with Crippen molar-refractivity contribution in [1.82, 2.24) is 19.8 Å². The van der Waals surface area contributed by atoms with E-state index in [2.05, 4.69) is 22.4 Å². The molecule has 1 atom stereocenters. The van der Waals surface area contributed by atoms with E-state index < -0.39 is 0 Å². The number of hydrogen-bond donors (Lipinski definition) is 1. The number of ether oxygens (including phenoxy) is 1. The zero-order valence-corrected chi connectivity index (χ0v) is 16.6. The highest BCUT2D eigenvalue weighted by molar-refractivity contribution is 5.75. The van der Waals surface area contributed by atoms with Gasteiger partial charge >= 0.3 is 6.03 Å². The lowest BCUT2D eigenvalue weighted by Crippen LogP contribution is -2.39. The Morgan fingerprint density at radius 1 is 1.17 bits per heavy atom. The molecule has 1 aliphatic rings. The van der Waals surface area contributed by atoms with Crippen LogP contribution < -0.4 is 10.1 Å². The summed E-state index contributed by atoms with van der Waals surface area (Å²) >= 11 is 0. The second-order valence-corrected chi connectivity index (χ2v) is 7.15. The maximum atomic E-state index is 12.8. The summed E-state index contributed by atoms with van der Waals surface area (Å²) in [5.41, 5.74) is 3.28. The summed E-state index contributed by atoms with van der Waals surface area (Å²) in [5.74, 6) is 0.865. The SMILES string of the molecule is CCOc1ccc(C2CCCN2C(=O)NCc2ccc(-n3ccnc3)cc2)cc1. The Kier molecular flexibility index (Phi) is 5.79. The third-order valence-electron chi connectivity index (χ3n) is 5.27. The number of benzene rings is 2. The van der Waals surface area contributed by atoms with Crippen molar-refractivity contribution in [2.24, 2.45) is 0 Å². The molecule has 0 bridgehead atoms. The molecule has 1 fully saturated rings. The lowest BCUT2D eigenvalue weighted by atomic mass is 10.0. The molecule has 29 heavy (non-hydrogen) atoms. The number of nitrogens with zero attached hydrogens (tertiary/aromatic N) is 3. The topological polar surface area (TPSA) is 59.4 Å². The fourth-order valence-electron chi connectivity index (χ4n) is 3.79. The standard InChI is InChI=1S/C23H26N4O2/c1-2-29-21-11-7-19(8-12-21)22-4-3-14-27(22)23(28)25-16-18-5-9-20(10-6-18)26-15-13-24-17-26/h5-13,15,17,22H,2-4,14,16H2,1H3,(H,25,28). The molecule has 0 saturated carbocycles. The monoisotopic (exact) mass is 390 g/mol. The number of imidazole rings is 1. The molecule has 0 aliphatic carbocycles. The highest BCUT2D eigenvalue weighted by Crippen LogP contribution is 2.32. The summed E-state index contributed by atoms with van der Waals surface area (Å²) < 4.78 is 7.47. The van der Waals surface area contributed by atoms with E-state index in [1.165, 1.54) is 0 Å². The van der Waals surface area contributed by atoms with Gasteiger partial charge in [-0.2, -0.15) is 0 Å². The number of amides is 2. The average molecular weight is 390 g/mol. The van der Waals surface area contributed by atoms with Gasteiger partial charge in [-0.1, -0.05) is 24.3 Å². The number of likely N-dealkylation sites (tertiary alicyclic amines) is 1. The largest absolute Gasteiger partial charge is 0.494 e. The number of rotatable bonds is 6. The Balaban J connectivity index is 1.36. The zero-order chi connectivity index (χ0) is 20.1. The molecule has 4 rings (SSSR count). The molecular weight excluding hydrogens is 364 g/mol. The van der Waals surface area contributed by atoms with Gasteiger partial charge in [-0.05, 0) is 55.2 Å². The molecular formula is C23H26N4O2. The van der Waals surface area contributed by atoms with Gasteiger partial charge in [0.1, 0.15) is 5.75 Å². The molecule has 1 aliphatic heterocycles. The van der Waals surface area contributed by atoms with Crippen LogP contribution in [0.2, 0.25) is 0 Å². The smallest absolute Gasteiger partial charge is 0.318 e. The van der Waals surface area contributed by atoms with E-state index in [4.69, 9.17) is 4.74 Å². The molecule has 0 spiro atoms. The van der Waals surface area contributed by atoms with Gasteiger partial charge in [0, 0.05) is 31.2 Å². The minimum atomic E-state index is -0.0138. The third-order valence-corrected chi connectivity index (χ3v) is 5.27. The van der Waals surface area contributed by atoms with Crippen molar-refractivity contribution in [2.45, 2.75) is 32.4 Å². The van der Waals surface area contributed by atoms with Crippen molar-refractivity contribution in [2.75, 3.05) is 13.2 Å². The number of carbonyl (C=O) groups is 1. The first-order valence-corrected chi connectivity index (χ1v) is 10.1. The summed E-state index contributed by atoms with van der Waals surface area (Å²) in [6.45, 7) is 3.92. The van der Waals surface area contributed by atoms with E-state index in [9.17, 15) is 4.79 Å². The molecule has 0 radical (unpaired) electrons. The maximum Gasteiger partial charge on any atom is 0.318 e. The fraction of sp³-hybridized carbons (Fsp3) is 0.304. The molecule has 6 nitrogen and oxygen atoms in total. The van der Waals surface area contributed by atoms with Crippen LogP contribution in [0.5, 0.6) is 5.75 Å². The number of hydrogen-bond acceptors (Lipinski definition) is 3. The van der Waals surface area contributed by atoms with Crippen molar-refractivity contribution in [3.05, 3.63) is 78.4 Å². The molecule has 6 heteroatoms. The lowest BCUT2D eigenvalue weighted by Gasteiger charge is -2.25. The summed E-state index contributed by atoms with van der Waals surface area (Å²) in [6.07, 6.45) is 7.44. The minimum absolute atomic E-state index is 0.0138. The lowest BCUT2D eigenvalue weighted by molar-refractivity contribution is 0.192. The summed E-state index contributed by atoms with van der Waals surface area (Å²) in [6, 6.07) is 16.3. The number of urea groups is 1. The van der Waals surface area contributed by atoms with Crippen molar-refractivity contribution >= 4 is 6.03 Å². The predicted molar refractivity (Wildman–Crippen MR) is 112 cm³/mol. The molecule has 3 aromatic rings. The van der Waals surface area contributed by atoms with E-state index >= 15 is 0 Å². The fourth-order valence-corrected chi connectivity index (χ4v) is 3.79. The molecule has 150 valence electrons. The molecule has 1 unspecified atom stereocenters. The van der Waals surface area contributed by atoms with Crippen LogP contribution in [-0.2, 0) is 6.54 Å². The molecule has 2 amide bonds. The summed E-state index contributed by atoms with van der Waals surface area (Å²) in [7, 11) is 0. The van der Waals surface area contributed by atoms with Crippen molar-refractivity contribution in [3.63, 3.8) is 0 Å². The Bertz CT molecular complexity index is 921. The number of aromatic nitrogens is 2. The Morgan fingerprint density at radius 2 is 1.97 bits per heavy atom. The van der Waals surface area contributed by atoms with Crippen molar-refractivity contribution < 1.29 is 9.53 Å². The van der Waals surface area contributed by atoms with E-state index in [0.717, 1.165) is 42.0 Å². The first-order valence-electron chi connectivity index (χ1n) is 10.1. The summed E-state index contributed by atoms with van der Waals surface area (Å²) in [5, 5.41) is 3.07. The zero-order valence-electron chi connectivity index (χ0n) is 16.6. The van der Waals surface area contributed by atoms with Gasteiger partial charge in [0.05, 0.1) is 19.0 Å². The van der Waals surface area contributed by atoms with E-state index in [1.54, 1.807) is 12.5 Å². The minimum Gasteiger partial charge on any atom is -0.494 e. The molecule has 1 N–H and O–H groups in total. The highest BCUT2D eigenvalue weighted by atomic mass is 16.5. The average Bonchev–Trinajstić information content (AvgIpc) is 3.45.